The molecule has 2 aliphatic rings. The Morgan fingerprint density at radius 3 is 2.68 bits per heavy atom. The van der Waals surface area contributed by atoms with Gasteiger partial charge in [0.15, 0.2) is 0 Å². The number of hydrogen-bond acceptors (Lipinski definition) is 3. The van der Waals surface area contributed by atoms with E-state index in [2.05, 4.69) is 48.2 Å². The van der Waals surface area contributed by atoms with Gasteiger partial charge in [-0.2, -0.15) is 0 Å². The molecule has 22 heavy (non-hydrogen) atoms. The van der Waals surface area contributed by atoms with Gasteiger partial charge in [-0.15, -0.1) is 0 Å². The molecular formula is C19H21NO2. The molecule has 0 saturated carbocycles. The molecule has 2 aromatic carbocycles. The first-order valence-electron chi connectivity index (χ1n) is 7.89. The molecule has 1 saturated heterocycles. The van der Waals surface area contributed by atoms with Crippen LogP contribution in [0.2, 0.25) is 0 Å². The molecule has 0 N–H and O–H groups in total. The number of para-hydroxylation sites is 1. The summed E-state index contributed by atoms with van der Waals surface area (Å²) in [7, 11) is 1.70. The van der Waals surface area contributed by atoms with E-state index in [-0.39, 0.29) is 11.6 Å². The van der Waals surface area contributed by atoms with Crippen LogP contribution in [-0.4, -0.2) is 19.3 Å². The molecule has 0 unspecified atom stereocenters. The molecule has 114 valence electrons. The third kappa shape index (κ3) is 1.85. The SMILES string of the molecule is COc1ccc(N2c3ccccc3[C@@H]3OCCC[C@@]32C)cc1. The number of rotatable bonds is 2. The van der Waals surface area contributed by atoms with E-state index in [4.69, 9.17) is 9.47 Å². The van der Waals surface area contributed by atoms with Crippen molar-refractivity contribution in [2.45, 2.75) is 31.4 Å². The molecule has 3 nitrogen and oxygen atoms in total. The highest BCUT2D eigenvalue weighted by molar-refractivity contribution is 5.74. The highest BCUT2D eigenvalue weighted by atomic mass is 16.5. The van der Waals surface area contributed by atoms with E-state index in [9.17, 15) is 0 Å². The summed E-state index contributed by atoms with van der Waals surface area (Å²) in [5.41, 5.74) is 3.75. The van der Waals surface area contributed by atoms with Gasteiger partial charge in [-0.1, -0.05) is 18.2 Å². The second-order valence-electron chi connectivity index (χ2n) is 6.30. The number of methoxy groups -OCH3 is 1. The normalized spacial score (nSPS) is 26.5. The Morgan fingerprint density at radius 2 is 1.91 bits per heavy atom. The Balaban J connectivity index is 1.85. The standard InChI is InChI=1S/C19H21NO2/c1-19-12-5-13-22-18(19)16-6-3-4-7-17(16)20(19)14-8-10-15(21-2)11-9-14/h3-4,6-11,18H,5,12-13H2,1-2H3/t18-,19-/m0/s1. The quantitative estimate of drug-likeness (QED) is 0.816. The van der Waals surface area contributed by atoms with Crippen molar-refractivity contribution in [2.24, 2.45) is 0 Å². The lowest BCUT2D eigenvalue weighted by Gasteiger charge is -2.43. The minimum Gasteiger partial charge on any atom is -0.497 e. The van der Waals surface area contributed by atoms with Crippen molar-refractivity contribution in [3.05, 3.63) is 54.1 Å². The van der Waals surface area contributed by atoms with Gasteiger partial charge in [0.1, 0.15) is 11.9 Å². The summed E-state index contributed by atoms with van der Waals surface area (Å²) in [6, 6.07) is 16.9. The first-order chi connectivity index (χ1) is 10.7. The third-order valence-electron chi connectivity index (χ3n) is 4.98. The minimum absolute atomic E-state index is 0.0173. The number of nitrogens with zero attached hydrogens (tertiary/aromatic N) is 1. The molecule has 0 spiro atoms. The predicted octanol–water partition coefficient (Wildman–Crippen LogP) is 4.46. The molecule has 2 atom stereocenters. The van der Waals surface area contributed by atoms with Gasteiger partial charge in [0, 0.05) is 23.5 Å². The van der Waals surface area contributed by atoms with E-state index in [0.717, 1.165) is 25.2 Å². The first-order valence-corrected chi connectivity index (χ1v) is 7.89. The first kappa shape index (κ1) is 13.6. The number of benzene rings is 2. The zero-order valence-electron chi connectivity index (χ0n) is 13.1. The minimum atomic E-state index is -0.0173. The van der Waals surface area contributed by atoms with Crippen LogP contribution in [0, 0.1) is 0 Å². The third-order valence-corrected chi connectivity index (χ3v) is 4.98. The van der Waals surface area contributed by atoms with Gasteiger partial charge in [-0.25, -0.2) is 0 Å². The van der Waals surface area contributed by atoms with Crippen LogP contribution in [0.3, 0.4) is 0 Å². The Bertz CT molecular complexity index is 682. The summed E-state index contributed by atoms with van der Waals surface area (Å²) in [5, 5.41) is 0. The van der Waals surface area contributed by atoms with Crippen molar-refractivity contribution in [1.29, 1.82) is 0 Å². The van der Waals surface area contributed by atoms with Crippen LogP contribution in [0.25, 0.3) is 0 Å². The predicted molar refractivity (Wildman–Crippen MR) is 87.9 cm³/mol. The molecule has 1 fully saturated rings. The maximum absolute atomic E-state index is 6.16. The number of anilines is 2. The lowest BCUT2D eigenvalue weighted by molar-refractivity contribution is -0.0275. The van der Waals surface area contributed by atoms with Crippen LogP contribution in [0.4, 0.5) is 11.4 Å². The van der Waals surface area contributed by atoms with Crippen molar-refractivity contribution in [3.63, 3.8) is 0 Å². The lowest BCUT2D eigenvalue weighted by atomic mass is 9.86. The second kappa shape index (κ2) is 5.03. The van der Waals surface area contributed by atoms with Gasteiger partial charge < -0.3 is 14.4 Å². The fraction of sp³-hybridized carbons (Fsp3) is 0.368. The van der Waals surface area contributed by atoms with Crippen LogP contribution in [-0.2, 0) is 4.74 Å². The number of ether oxygens (including phenoxy) is 2. The van der Waals surface area contributed by atoms with Crippen LogP contribution in [0.5, 0.6) is 5.75 Å². The van der Waals surface area contributed by atoms with Crippen molar-refractivity contribution < 1.29 is 9.47 Å². The Kier molecular flexibility index (Phi) is 3.12. The molecule has 2 aromatic rings. The Labute approximate surface area is 131 Å². The molecule has 0 amide bonds. The van der Waals surface area contributed by atoms with E-state index < -0.39 is 0 Å². The number of hydrogen-bond donors (Lipinski definition) is 0. The van der Waals surface area contributed by atoms with Crippen LogP contribution in [0.15, 0.2) is 48.5 Å². The maximum Gasteiger partial charge on any atom is 0.119 e. The molecule has 3 heteroatoms. The molecule has 0 radical (unpaired) electrons. The summed E-state index contributed by atoms with van der Waals surface area (Å²) >= 11 is 0. The molecule has 4 rings (SSSR count). The van der Waals surface area contributed by atoms with Crippen LogP contribution in [0.1, 0.15) is 31.4 Å². The lowest BCUT2D eigenvalue weighted by Crippen LogP contribution is -2.46. The van der Waals surface area contributed by atoms with Crippen molar-refractivity contribution in [1.82, 2.24) is 0 Å². The topological polar surface area (TPSA) is 21.7 Å². The largest absolute Gasteiger partial charge is 0.497 e. The zero-order valence-corrected chi connectivity index (χ0v) is 13.1. The summed E-state index contributed by atoms with van der Waals surface area (Å²) in [5.74, 6) is 0.887. The number of fused-ring (bicyclic) bond motifs is 3. The van der Waals surface area contributed by atoms with Gasteiger partial charge in [-0.3, -0.25) is 0 Å². The summed E-state index contributed by atoms with van der Waals surface area (Å²) in [6.07, 6.45) is 2.39. The smallest absolute Gasteiger partial charge is 0.119 e. The van der Waals surface area contributed by atoms with E-state index in [1.807, 2.05) is 12.1 Å². The molecular weight excluding hydrogens is 274 g/mol. The summed E-state index contributed by atoms with van der Waals surface area (Å²) in [6.45, 7) is 3.17. The fourth-order valence-corrected chi connectivity index (χ4v) is 3.95. The summed E-state index contributed by atoms with van der Waals surface area (Å²) < 4.78 is 11.5. The van der Waals surface area contributed by atoms with Crippen molar-refractivity contribution in [3.8, 4) is 5.75 Å². The van der Waals surface area contributed by atoms with Gasteiger partial charge in [0.05, 0.1) is 12.6 Å². The van der Waals surface area contributed by atoms with Crippen LogP contribution >= 0.6 is 0 Å². The molecule has 0 bridgehead atoms. The highest BCUT2D eigenvalue weighted by Gasteiger charge is 2.50. The van der Waals surface area contributed by atoms with Crippen molar-refractivity contribution >= 4 is 11.4 Å². The average molecular weight is 295 g/mol. The monoisotopic (exact) mass is 295 g/mol. The van der Waals surface area contributed by atoms with E-state index >= 15 is 0 Å². The molecule has 0 aliphatic carbocycles. The average Bonchev–Trinajstić information content (AvgIpc) is 2.83. The molecule has 0 aromatic heterocycles. The van der Waals surface area contributed by atoms with E-state index in [1.54, 1.807) is 7.11 Å². The highest BCUT2D eigenvalue weighted by Crippen LogP contribution is 2.55. The van der Waals surface area contributed by atoms with Gasteiger partial charge in [0.2, 0.25) is 0 Å². The van der Waals surface area contributed by atoms with Crippen LogP contribution < -0.4 is 9.64 Å². The van der Waals surface area contributed by atoms with Gasteiger partial charge in [0.25, 0.3) is 0 Å². The maximum atomic E-state index is 6.16. The van der Waals surface area contributed by atoms with E-state index in [1.165, 1.54) is 16.9 Å². The van der Waals surface area contributed by atoms with Gasteiger partial charge >= 0.3 is 0 Å². The fourth-order valence-electron chi connectivity index (χ4n) is 3.95. The van der Waals surface area contributed by atoms with Crippen molar-refractivity contribution in [2.75, 3.05) is 18.6 Å². The molecule has 2 heterocycles. The van der Waals surface area contributed by atoms with Gasteiger partial charge in [-0.05, 0) is 50.1 Å². The Hall–Kier alpha value is -2.00. The summed E-state index contributed by atoms with van der Waals surface area (Å²) in [4.78, 5) is 2.45. The zero-order chi connectivity index (χ0) is 15.2. The molecule has 2 aliphatic heterocycles. The Morgan fingerprint density at radius 1 is 1.14 bits per heavy atom. The second-order valence-corrected chi connectivity index (χ2v) is 6.30. The van der Waals surface area contributed by atoms with E-state index in [0.29, 0.717) is 0 Å².